The largest absolute Gasteiger partial charge is 0.322 e. The number of anilines is 1. The molecule has 0 aliphatic heterocycles. The van der Waals surface area contributed by atoms with Crippen LogP contribution < -0.4 is 5.32 Å². The monoisotopic (exact) mass is 304 g/mol. The minimum Gasteiger partial charge on any atom is -0.322 e. The second-order valence-corrected chi connectivity index (χ2v) is 5.40. The van der Waals surface area contributed by atoms with Crippen molar-refractivity contribution in [1.29, 1.82) is 0 Å². The zero-order chi connectivity index (χ0) is 16.4. The summed E-state index contributed by atoms with van der Waals surface area (Å²) in [6, 6.07) is 16.4. The molecule has 0 atom stereocenters. The van der Waals surface area contributed by atoms with Crippen LogP contribution >= 0.6 is 0 Å². The number of hydrogen-bond acceptors (Lipinski definition) is 3. The van der Waals surface area contributed by atoms with Gasteiger partial charge in [0, 0.05) is 16.6 Å². The van der Waals surface area contributed by atoms with E-state index in [9.17, 15) is 9.59 Å². The predicted molar refractivity (Wildman–Crippen MR) is 90.9 cm³/mol. The first kappa shape index (κ1) is 14.9. The first-order valence-corrected chi connectivity index (χ1v) is 7.33. The first-order valence-electron chi connectivity index (χ1n) is 7.33. The third-order valence-corrected chi connectivity index (χ3v) is 3.71. The van der Waals surface area contributed by atoms with E-state index in [-0.39, 0.29) is 11.7 Å². The minimum absolute atomic E-state index is 0.00236. The number of benzene rings is 2. The summed E-state index contributed by atoms with van der Waals surface area (Å²) in [7, 11) is 0. The maximum Gasteiger partial charge on any atom is 0.257 e. The van der Waals surface area contributed by atoms with Gasteiger partial charge < -0.3 is 5.32 Å². The predicted octanol–water partition coefficient (Wildman–Crippen LogP) is 4.00. The van der Waals surface area contributed by atoms with Crippen molar-refractivity contribution in [3.8, 4) is 0 Å². The summed E-state index contributed by atoms with van der Waals surface area (Å²) in [5.74, 6) is -0.214. The molecule has 0 spiro atoms. The molecule has 114 valence electrons. The number of nitrogens with zero attached hydrogens (tertiary/aromatic N) is 1. The number of carbonyl (C=O) groups excluding carboxylic acids is 2. The summed E-state index contributed by atoms with van der Waals surface area (Å²) in [6.07, 6.45) is 0. The van der Waals surface area contributed by atoms with E-state index in [0.717, 1.165) is 10.9 Å². The van der Waals surface area contributed by atoms with Crippen LogP contribution in [-0.4, -0.2) is 16.7 Å². The van der Waals surface area contributed by atoms with Gasteiger partial charge in [-0.1, -0.05) is 18.2 Å². The molecule has 3 rings (SSSR count). The Balaban J connectivity index is 1.88. The molecule has 2 aromatic carbocycles. The maximum atomic E-state index is 12.5. The van der Waals surface area contributed by atoms with Crippen LogP contribution in [-0.2, 0) is 0 Å². The van der Waals surface area contributed by atoms with Gasteiger partial charge in [-0.15, -0.1) is 0 Å². The second kappa shape index (κ2) is 6.01. The molecule has 0 aliphatic rings. The van der Waals surface area contributed by atoms with Gasteiger partial charge in [-0.25, -0.2) is 0 Å². The Labute approximate surface area is 134 Å². The minimum atomic E-state index is -0.212. The van der Waals surface area contributed by atoms with Crippen molar-refractivity contribution in [2.75, 3.05) is 5.32 Å². The molecule has 0 saturated carbocycles. The summed E-state index contributed by atoms with van der Waals surface area (Å²) in [5.41, 5.74) is 3.35. The highest BCUT2D eigenvalue weighted by atomic mass is 16.1. The Hall–Kier alpha value is -3.01. The molecule has 1 heterocycles. The van der Waals surface area contributed by atoms with Crippen LogP contribution in [0.3, 0.4) is 0 Å². The molecule has 23 heavy (non-hydrogen) atoms. The van der Waals surface area contributed by atoms with Crippen molar-refractivity contribution < 1.29 is 9.59 Å². The normalized spacial score (nSPS) is 10.5. The maximum absolute atomic E-state index is 12.5. The van der Waals surface area contributed by atoms with Crippen LogP contribution in [0.25, 0.3) is 10.9 Å². The van der Waals surface area contributed by atoms with Crippen LogP contribution in [0.1, 0.15) is 33.3 Å². The van der Waals surface area contributed by atoms with E-state index in [4.69, 9.17) is 0 Å². The van der Waals surface area contributed by atoms with Gasteiger partial charge in [0.15, 0.2) is 5.78 Å². The molecule has 0 unspecified atom stereocenters. The number of fused-ring (bicyclic) bond motifs is 1. The van der Waals surface area contributed by atoms with E-state index in [1.165, 1.54) is 6.92 Å². The zero-order valence-corrected chi connectivity index (χ0v) is 13.0. The number of nitrogens with one attached hydrogen (secondary N) is 1. The highest BCUT2D eigenvalue weighted by Crippen LogP contribution is 2.18. The number of aromatic nitrogens is 1. The Morgan fingerprint density at radius 3 is 2.39 bits per heavy atom. The van der Waals surface area contributed by atoms with Crippen LogP contribution in [0.15, 0.2) is 54.6 Å². The third-order valence-electron chi connectivity index (χ3n) is 3.71. The number of Topliss-reactive ketones (excluding diaryl/α,β-unsaturated/α-hetero) is 1. The average Bonchev–Trinajstić information content (AvgIpc) is 2.54. The van der Waals surface area contributed by atoms with Gasteiger partial charge in [0.2, 0.25) is 0 Å². The van der Waals surface area contributed by atoms with E-state index < -0.39 is 0 Å². The molecular formula is C19H16N2O2. The number of rotatable bonds is 3. The fraction of sp³-hybridized carbons (Fsp3) is 0.105. The second-order valence-electron chi connectivity index (χ2n) is 5.40. The highest BCUT2D eigenvalue weighted by Gasteiger charge is 2.12. The zero-order valence-electron chi connectivity index (χ0n) is 13.0. The molecular weight excluding hydrogens is 288 g/mol. The molecule has 0 fully saturated rings. The van der Waals surface area contributed by atoms with E-state index in [1.807, 2.05) is 37.3 Å². The molecule has 0 aliphatic carbocycles. The van der Waals surface area contributed by atoms with Gasteiger partial charge in [0.1, 0.15) is 0 Å². The smallest absolute Gasteiger partial charge is 0.257 e. The van der Waals surface area contributed by atoms with Crippen molar-refractivity contribution in [2.45, 2.75) is 13.8 Å². The molecule has 0 radical (unpaired) electrons. The van der Waals surface area contributed by atoms with E-state index in [2.05, 4.69) is 10.3 Å². The molecule has 4 heteroatoms. The lowest BCUT2D eigenvalue weighted by Crippen LogP contribution is -2.14. The number of para-hydroxylation sites is 1. The van der Waals surface area contributed by atoms with Crippen molar-refractivity contribution in [3.63, 3.8) is 0 Å². The van der Waals surface area contributed by atoms with Crippen LogP contribution in [0.4, 0.5) is 5.69 Å². The van der Waals surface area contributed by atoms with Gasteiger partial charge in [0.25, 0.3) is 5.91 Å². The van der Waals surface area contributed by atoms with Gasteiger partial charge >= 0.3 is 0 Å². The standard InChI is InChI=1S/C19H16N2O2/c1-12-17(11-15-5-3-4-6-18(15)20-12)19(23)21-16-9-7-14(8-10-16)13(2)22/h3-11H,1-2H3,(H,21,23). The summed E-state index contributed by atoms with van der Waals surface area (Å²) < 4.78 is 0. The molecule has 0 saturated heterocycles. The van der Waals surface area contributed by atoms with Crippen LogP contribution in [0.2, 0.25) is 0 Å². The number of amides is 1. The first-order chi connectivity index (χ1) is 11.0. The van der Waals surface area contributed by atoms with Crippen molar-refractivity contribution in [1.82, 2.24) is 4.98 Å². The molecule has 4 nitrogen and oxygen atoms in total. The van der Waals surface area contributed by atoms with Crippen molar-refractivity contribution in [3.05, 3.63) is 71.4 Å². The molecule has 1 aromatic heterocycles. The van der Waals surface area contributed by atoms with Gasteiger partial charge in [-0.05, 0) is 50.2 Å². The molecule has 1 amide bonds. The SMILES string of the molecule is CC(=O)c1ccc(NC(=O)c2cc3ccccc3nc2C)cc1. The summed E-state index contributed by atoms with van der Waals surface area (Å²) in [5, 5.41) is 3.77. The van der Waals surface area contributed by atoms with Gasteiger partial charge in [0.05, 0.1) is 16.8 Å². The Bertz CT molecular complexity index is 899. The molecule has 3 aromatic rings. The molecule has 1 N–H and O–H groups in total. The summed E-state index contributed by atoms with van der Waals surface area (Å²) in [4.78, 5) is 28.2. The number of hydrogen-bond donors (Lipinski definition) is 1. The fourth-order valence-electron chi connectivity index (χ4n) is 2.43. The third kappa shape index (κ3) is 3.11. The number of pyridine rings is 1. The van der Waals surface area contributed by atoms with Crippen LogP contribution in [0, 0.1) is 6.92 Å². The Kier molecular flexibility index (Phi) is 3.89. The fourth-order valence-corrected chi connectivity index (χ4v) is 2.43. The van der Waals surface area contributed by atoms with E-state index in [0.29, 0.717) is 22.5 Å². The number of aryl methyl sites for hydroxylation is 1. The van der Waals surface area contributed by atoms with Gasteiger partial charge in [-0.3, -0.25) is 14.6 Å². The number of ketones is 1. The Morgan fingerprint density at radius 2 is 1.70 bits per heavy atom. The van der Waals surface area contributed by atoms with Crippen LogP contribution in [0.5, 0.6) is 0 Å². The summed E-state index contributed by atoms with van der Waals surface area (Å²) >= 11 is 0. The summed E-state index contributed by atoms with van der Waals surface area (Å²) in [6.45, 7) is 3.33. The lowest BCUT2D eigenvalue weighted by molar-refractivity contribution is 0.101. The van der Waals surface area contributed by atoms with Crippen molar-refractivity contribution in [2.24, 2.45) is 0 Å². The lowest BCUT2D eigenvalue weighted by Gasteiger charge is -2.09. The molecule has 0 bridgehead atoms. The highest BCUT2D eigenvalue weighted by molar-refractivity contribution is 6.07. The Morgan fingerprint density at radius 1 is 1.00 bits per heavy atom. The lowest BCUT2D eigenvalue weighted by atomic mass is 10.1. The van der Waals surface area contributed by atoms with E-state index in [1.54, 1.807) is 24.3 Å². The van der Waals surface area contributed by atoms with Crippen molar-refractivity contribution >= 4 is 28.3 Å². The van der Waals surface area contributed by atoms with E-state index >= 15 is 0 Å². The quantitative estimate of drug-likeness (QED) is 0.744. The number of carbonyl (C=O) groups is 2. The van der Waals surface area contributed by atoms with Gasteiger partial charge in [-0.2, -0.15) is 0 Å². The topological polar surface area (TPSA) is 59.1 Å². The average molecular weight is 304 g/mol.